The zero-order chi connectivity index (χ0) is 39.1. The number of pyridine rings is 2. The van der Waals surface area contributed by atoms with Gasteiger partial charge in [0.25, 0.3) is 0 Å². The summed E-state index contributed by atoms with van der Waals surface area (Å²) in [5.74, 6) is 1.66. The summed E-state index contributed by atoms with van der Waals surface area (Å²) in [4.78, 5) is 13.5. The van der Waals surface area contributed by atoms with E-state index in [-0.39, 0.29) is 10.8 Å². The molecule has 0 fully saturated rings. The highest BCUT2D eigenvalue weighted by Crippen LogP contribution is 2.46. The molecular weight excluding hydrogens is 683 g/mol. The van der Waals surface area contributed by atoms with Gasteiger partial charge in [-0.3, -0.25) is 4.90 Å². The molecule has 0 amide bonds. The summed E-state index contributed by atoms with van der Waals surface area (Å²) in [5.41, 5.74) is 13.4. The standard InChI is InChI=1S/C51H49N5/c1-32-28-33(2)45(34(3)29-32)56(41-30-54-46(50(4,5)6)43(35-20-12-10-13-21-35)37-24-16-18-26-39(37)48(54)52-41)42-31-55-47(51(7,8)9)44(36-22-14-11-15-23-36)38-25-17-19-27-40(38)49(55)53-42/h10-31H,1-9H3. The molecule has 278 valence electrons. The minimum Gasteiger partial charge on any atom is -0.300 e. The number of benzene rings is 5. The Morgan fingerprint density at radius 1 is 0.464 bits per heavy atom. The molecule has 0 unspecified atom stereocenters. The van der Waals surface area contributed by atoms with E-state index in [0.29, 0.717) is 0 Å². The first-order valence-corrected chi connectivity index (χ1v) is 19.7. The minimum atomic E-state index is -0.205. The smallest absolute Gasteiger partial charge is 0.158 e. The van der Waals surface area contributed by atoms with E-state index >= 15 is 0 Å². The van der Waals surface area contributed by atoms with Crippen LogP contribution in [0.2, 0.25) is 0 Å². The molecule has 5 heteroatoms. The number of anilines is 3. The van der Waals surface area contributed by atoms with E-state index in [1.807, 2.05) is 0 Å². The van der Waals surface area contributed by atoms with E-state index in [1.54, 1.807) is 0 Å². The SMILES string of the molecule is Cc1cc(C)c(N(c2cn3c(C(C)(C)C)c(-c4ccccc4)c4ccccc4c3n2)c2cn3c(C(C)(C)C)c(-c4ccccc4)c4ccccc4c3n2)c(C)c1. The quantitative estimate of drug-likeness (QED) is 0.177. The molecule has 5 nitrogen and oxygen atoms in total. The van der Waals surface area contributed by atoms with Crippen LogP contribution in [0, 0.1) is 20.8 Å². The molecule has 0 bridgehead atoms. The van der Waals surface area contributed by atoms with Gasteiger partial charge in [0.15, 0.2) is 11.6 Å². The molecule has 0 aliphatic carbocycles. The fraction of sp³-hybridized carbons (Fsp3) is 0.216. The van der Waals surface area contributed by atoms with Gasteiger partial charge in [0.05, 0.1) is 18.1 Å². The Bertz CT molecular complexity index is 2760. The Balaban J connectivity index is 1.42. The third-order valence-corrected chi connectivity index (χ3v) is 11.1. The van der Waals surface area contributed by atoms with Gasteiger partial charge in [-0.05, 0) is 53.8 Å². The Hall–Kier alpha value is -6.20. The summed E-state index contributed by atoms with van der Waals surface area (Å²) < 4.78 is 4.70. The normalized spacial score (nSPS) is 12.4. The van der Waals surface area contributed by atoms with E-state index in [9.17, 15) is 0 Å². The highest BCUT2D eigenvalue weighted by molar-refractivity contribution is 6.07. The predicted octanol–water partition coefficient (Wildman–Crippen LogP) is 13.6. The van der Waals surface area contributed by atoms with Crippen LogP contribution in [0.5, 0.6) is 0 Å². The summed E-state index contributed by atoms with van der Waals surface area (Å²) in [6.45, 7) is 20.4. The van der Waals surface area contributed by atoms with Crippen LogP contribution in [0.25, 0.3) is 55.1 Å². The maximum atomic E-state index is 5.62. The number of fused-ring (bicyclic) bond motifs is 6. The lowest BCUT2D eigenvalue weighted by molar-refractivity contribution is 0.564. The first-order chi connectivity index (χ1) is 26.8. The summed E-state index contributed by atoms with van der Waals surface area (Å²) in [6.07, 6.45) is 4.49. The number of imidazole rings is 2. The van der Waals surface area contributed by atoms with Crippen molar-refractivity contribution in [3.05, 3.63) is 162 Å². The fourth-order valence-corrected chi connectivity index (χ4v) is 9.10. The number of hydrogen-bond acceptors (Lipinski definition) is 3. The van der Waals surface area contributed by atoms with Crippen molar-refractivity contribution < 1.29 is 0 Å². The van der Waals surface area contributed by atoms with Gasteiger partial charge in [0, 0.05) is 44.1 Å². The van der Waals surface area contributed by atoms with Crippen molar-refractivity contribution in [1.29, 1.82) is 0 Å². The summed E-state index contributed by atoms with van der Waals surface area (Å²) in [6, 6.07) is 43.6. The lowest BCUT2D eigenvalue weighted by Gasteiger charge is -2.27. The molecule has 4 heterocycles. The van der Waals surface area contributed by atoms with Gasteiger partial charge in [-0.15, -0.1) is 0 Å². The van der Waals surface area contributed by atoms with Gasteiger partial charge < -0.3 is 8.80 Å². The molecule has 9 rings (SSSR count). The van der Waals surface area contributed by atoms with Crippen LogP contribution >= 0.6 is 0 Å². The van der Waals surface area contributed by atoms with Crippen LogP contribution in [0.15, 0.2) is 134 Å². The largest absolute Gasteiger partial charge is 0.300 e. The van der Waals surface area contributed by atoms with Crippen LogP contribution in [0.1, 0.15) is 69.6 Å². The number of hydrogen-bond donors (Lipinski definition) is 0. The van der Waals surface area contributed by atoms with E-state index < -0.39 is 0 Å². The molecule has 4 aromatic heterocycles. The molecule has 9 aromatic rings. The maximum absolute atomic E-state index is 5.62. The Morgan fingerprint density at radius 2 is 0.821 bits per heavy atom. The van der Waals surface area contributed by atoms with Crippen LogP contribution in [-0.2, 0) is 10.8 Å². The van der Waals surface area contributed by atoms with Gasteiger partial charge in [-0.25, -0.2) is 9.97 Å². The second-order valence-electron chi connectivity index (χ2n) is 17.4. The summed E-state index contributed by atoms with van der Waals surface area (Å²) in [5, 5.41) is 4.63. The van der Waals surface area contributed by atoms with Crippen molar-refractivity contribution >= 4 is 50.2 Å². The van der Waals surface area contributed by atoms with Gasteiger partial charge in [-0.1, -0.05) is 168 Å². The van der Waals surface area contributed by atoms with Crippen molar-refractivity contribution in [1.82, 2.24) is 18.8 Å². The molecule has 0 radical (unpaired) electrons. The number of aromatic nitrogens is 4. The topological polar surface area (TPSA) is 37.8 Å². The third kappa shape index (κ3) is 5.68. The van der Waals surface area contributed by atoms with E-state index in [1.165, 1.54) is 61.1 Å². The van der Waals surface area contributed by atoms with Gasteiger partial charge in [0.1, 0.15) is 11.3 Å². The first-order valence-electron chi connectivity index (χ1n) is 19.7. The maximum Gasteiger partial charge on any atom is 0.158 e. The minimum absolute atomic E-state index is 0.205. The van der Waals surface area contributed by atoms with E-state index in [2.05, 4.69) is 210 Å². The lowest BCUT2D eigenvalue weighted by Crippen LogP contribution is -2.18. The average Bonchev–Trinajstić information content (AvgIpc) is 3.80. The lowest BCUT2D eigenvalue weighted by atomic mass is 9.83. The molecule has 0 saturated carbocycles. The molecular formula is C51H49N5. The predicted molar refractivity (Wildman–Crippen MR) is 236 cm³/mol. The molecule has 0 aliphatic rings. The zero-order valence-corrected chi connectivity index (χ0v) is 33.9. The Labute approximate surface area is 329 Å². The first kappa shape index (κ1) is 35.5. The van der Waals surface area contributed by atoms with E-state index in [4.69, 9.17) is 9.97 Å². The molecule has 0 N–H and O–H groups in total. The van der Waals surface area contributed by atoms with E-state index in [0.717, 1.165) is 39.4 Å². The van der Waals surface area contributed by atoms with Gasteiger partial charge in [-0.2, -0.15) is 0 Å². The van der Waals surface area contributed by atoms with Crippen molar-refractivity contribution in [2.24, 2.45) is 0 Å². The zero-order valence-electron chi connectivity index (χ0n) is 33.9. The summed E-state index contributed by atoms with van der Waals surface area (Å²) >= 11 is 0. The molecule has 0 saturated heterocycles. The average molecular weight is 732 g/mol. The molecule has 0 atom stereocenters. The Morgan fingerprint density at radius 3 is 1.20 bits per heavy atom. The van der Waals surface area contributed by atoms with Crippen LogP contribution in [-0.4, -0.2) is 18.8 Å². The second kappa shape index (κ2) is 12.9. The second-order valence-corrected chi connectivity index (χ2v) is 17.4. The third-order valence-electron chi connectivity index (χ3n) is 11.1. The van der Waals surface area contributed by atoms with Crippen molar-refractivity contribution in [2.75, 3.05) is 4.90 Å². The van der Waals surface area contributed by atoms with Crippen LogP contribution in [0.3, 0.4) is 0 Å². The Kier molecular flexibility index (Phi) is 8.21. The number of rotatable bonds is 5. The highest BCUT2D eigenvalue weighted by atomic mass is 15.3. The van der Waals surface area contributed by atoms with Gasteiger partial charge in [0.2, 0.25) is 0 Å². The fourth-order valence-electron chi connectivity index (χ4n) is 9.10. The van der Waals surface area contributed by atoms with Crippen LogP contribution in [0.4, 0.5) is 17.3 Å². The molecule has 56 heavy (non-hydrogen) atoms. The van der Waals surface area contributed by atoms with Crippen molar-refractivity contribution in [3.63, 3.8) is 0 Å². The summed E-state index contributed by atoms with van der Waals surface area (Å²) in [7, 11) is 0. The number of aryl methyl sites for hydroxylation is 3. The molecule has 0 aliphatic heterocycles. The van der Waals surface area contributed by atoms with Crippen molar-refractivity contribution in [3.8, 4) is 22.3 Å². The number of nitrogens with zero attached hydrogens (tertiary/aromatic N) is 5. The highest BCUT2D eigenvalue weighted by Gasteiger charge is 2.31. The molecule has 5 aromatic carbocycles. The van der Waals surface area contributed by atoms with Gasteiger partial charge >= 0.3 is 0 Å². The van der Waals surface area contributed by atoms with Crippen LogP contribution < -0.4 is 4.90 Å². The monoisotopic (exact) mass is 731 g/mol. The van der Waals surface area contributed by atoms with Crippen molar-refractivity contribution in [2.45, 2.75) is 73.1 Å². The molecule has 0 spiro atoms.